The third-order valence-corrected chi connectivity index (χ3v) is 4.63. The van der Waals surface area contributed by atoms with Crippen molar-refractivity contribution in [1.29, 1.82) is 5.26 Å². The van der Waals surface area contributed by atoms with Gasteiger partial charge in [0.15, 0.2) is 0 Å². The predicted octanol–water partition coefficient (Wildman–Crippen LogP) is 4.79. The standard InChI is InChI=1S/C19H14ClFN4O2/c1-11-19(13-3-4-14(9-22)17(20)8-13)12(2)24(23-11)10-15-7-16(25(26)27)5-6-18(15)21/h3-8H,10H2,1-2H3. The zero-order valence-electron chi connectivity index (χ0n) is 14.5. The first-order valence-electron chi connectivity index (χ1n) is 7.98. The number of hydrogen-bond donors (Lipinski definition) is 0. The topological polar surface area (TPSA) is 84.8 Å². The Morgan fingerprint density at radius 3 is 2.67 bits per heavy atom. The Morgan fingerprint density at radius 1 is 1.30 bits per heavy atom. The molecule has 0 aliphatic carbocycles. The van der Waals surface area contributed by atoms with Gasteiger partial charge in [0.2, 0.25) is 0 Å². The lowest BCUT2D eigenvalue weighted by Gasteiger charge is -2.08. The fourth-order valence-corrected chi connectivity index (χ4v) is 3.21. The van der Waals surface area contributed by atoms with E-state index in [1.54, 1.807) is 22.9 Å². The van der Waals surface area contributed by atoms with Crippen LogP contribution in [0.25, 0.3) is 11.1 Å². The molecule has 0 radical (unpaired) electrons. The highest BCUT2D eigenvalue weighted by molar-refractivity contribution is 6.32. The van der Waals surface area contributed by atoms with Gasteiger partial charge in [0, 0.05) is 29.0 Å². The molecule has 0 atom stereocenters. The van der Waals surface area contributed by atoms with Gasteiger partial charge in [-0.15, -0.1) is 0 Å². The predicted molar refractivity (Wildman–Crippen MR) is 99.0 cm³/mol. The van der Waals surface area contributed by atoms with Crippen molar-refractivity contribution in [3.8, 4) is 17.2 Å². The molecular weight excluding hydrogens is 371 g/mol. The average molecular weight is 385 g/mol. The van der Waals surface area contributed by atoms with Gasteiger partial charge >= 0.3 is 0 Å². The molecule has 0 unspecified atom stereocenters. The van der Waals surface area contributed by atoms with E-state index in [0.717, 1.165) is 29.0 Å². The number of rotatable bonds is 4. The summed E-state index contributed by atoms with van der Waals surface area (Å²) >= 11 is 6.13. The van der Waals surface area contributed by atoms with E-state index in [4.69, 9.17) is 16.9 Å². The largest absolute Gasteiger partial charge is 0.269 e. The fraction of sp³-hybridized carbons (Fsp3) is 0.158. The van der Waals surface area contributed by atoms with Crippen LogP contribution in [0.2, 0.25) is 5.02 Å². The Hall–Kier alpha value is -3.24. The Morgan fingerprint density at radius 2 is 2.04 bits per heavy atom. The normalized spacial score (nSPS) is 10.6. The minimum Gasteiger partial charge on any atom is -0.264 e. The van der Waals surface area contributed by atoms with Gasteiger partial charge in [0.05, 0.1) is 27.7 Å². The smallest absolute Gasteiger partial charge is 0.264 e. The number of benzene rings is 2. The minimum absolute atomic E-state index is 0.0597. The lowest BCUT2D eigenvalue weighted by Crippen LogP contribution is -2.06. The second kappa shape index (κ2) is 7.17. The van der Waals surface area contributed by atoms with Crippen LogP contribution in [-0.2, 0) is 6.54 Å². The van der Waals surface area contributed by atoms with Crippen LogP contribution in [0.3, 0.4) is 0 Å². The van der Waals surface area contributed by atoms with Gasteiger partial charge in [-0.25, -0.2) is 4.39 Å². The number of nitro groups is 1. The number of nitro benzene ring substituents is 1. The van der Waals surface area contributed by atoms with Crippen molar-refractivity contribution >= 4 is 17.3 Å². The molecule has 1 aromatic heterocycles. The molecule has 2 aromatic carbocycles. The van der Waals surface area contributed by atoms with E-state index in [0.29, 0.717) is 16.3 Å². The van der Waals surface area contributed by atoms with Crippen LogP contribution in [0, 0.1) is 41.1 Å². The third kappa shape index (κ3) is 3.52. The highest BCUT2D eigenvalue weighted by atomic mass is 35.5. The van der Waals surface area contributed by atoms with E-state index in [2.05, 4.69) is 5.10 Å². The highest BCUT2D eigenvalue weighted by Crippen LogP contribution is 2.31. The minimum atomic E-state index is -0.561. The average Bonchev–Trinajstić information content (AvgIpc) is 2.90. The van der Waals surface area contributed by atoms with Gasteiger partial charge in [-0.05, 0) is 37.6 Å². The molecule has 3 rings (SSSR count). The Kier molecular flexibility index (Phi) is 4.93. The van der Waals surface area contributed by atoms with Gasteiger partial charge < -0.3 is 0 Å². The summed E-state index contributed by atoms with van der Waals surface area (Å²) in [6.45, 7) is 3.70. The summed E-state index contributed by atoms with van der Waals surface area (Å²) in [4.78, 5) is 10.4. The van der Waals surface area contributed by atoms with Crippen LogP contribution < -0.4 is 0 Å². The molecule has 0 aliphatic heterocycles. The molecule has 0 amide bonds. The number of aromatic nitrogens is 2. The molecule has 8 heteroatoms. The molecule has 0 fully saturated rings. The summed E-state index contributed by atoms with van der Waals surface area (Å²) in [6.07, 6.45) is 0. The van der Waals surface area contributed by atoms with Gasteiger partial charge in [0.25, 0.3) is 5.69 Å². The van der Waals surface area contributed by atoms with Crippen molar-refractivity contribution in [3.63, 3.8) is 0 Å². The van der Waals surface area contributed by atoms with Gasteiger partial charge in [-0.3, -0.25) is 14.8 Å². The number of hydrogen-bond acceptors (Lipinski definition) is 4. The zero-order valence-corrected chi connectivity index (χ0v) is 15.3. The Bertz CT molecular complexity index is 1100. The number of halogens is 2. The first kappa shape index (κ1) is 18.5. The first-order valence-corrected chi connectivity index (χ1v) is 8.36. The van der Waals surface area contributed by atoms with Gasteiger partial charge in [0.1, 0.15) is 11.9 Å². The number of nitrogens with zero attached hydrogens (tertiary/aromatic N) is 4. The monoisotopic (exact) mass is 384 g/mol. The molecule has 6 nitrogen and oxygen atoms in total. The summed E-state index contributed by atoms with van der Waals surface area (Å²) in [7, 11) is 0. The number of non-ortho nitro benzene ring substituents is 1. The quantitative estimate of drug-likeness (QED) is 0.478. The van der Waals surface area contributed by atoms with E-state index < -0.39 is 10.7 Å². The first-order chi connectivity index (χ1) is 12.8. The molecule has 0 saturated carbocycles. The molecule has 136 valence electrons. The Balaban J connectivity index is 2.02. The third-order valence-electron chi connectivity index (χ3n) is 4.32. The molecule has 0 saturated heterocycles. The second-order valence-corrected chi connectivity index (χ2v) is 6.45. The molecule has 3 aromatic rings. The number of aryl methyl sites for hydroxylation is 1. The summed E-state index contributed by atoms with van der Waals surface area (Å²) in [5, 5.41) is 24.7. The van der Waals surface area contributed by atoms with Crippen LogP contribution in [-0.4, -0.2) is 14.7 Å². The van der Waals surface area contributed by atoms with Crippen LogP contribution in [0.4, 0.5) is 10.1 Å². The fourth-order valence-electron chi connectivity index (χ4n) is 2.99. The van der Waals surface area contributed by atoms with Crippen LogP contribution in [0.5, 0.6) is 0 Å². The lowest BCUT2D eigenvalue weighted by atomic mass is 10.0. The van der Waals surface area contributed by atoms with Crippen LogP contribution in [0.1, 0.15) is 22.5 Å². The summed E-state index contributed by atoms with van der Waals surface area (Å²) < 4.78 is 15.7. The maximum Gasteiger partial charge on any atom is 0.269 e. The van der Waals surface area contributed by atoms with Crippen molar-refractivity contribution in [3.05, 3.63) is 79.9 Å². The lowest BCUT2D eigenvalue weighted by molar-refractivity contribution is -0.385. The second-order valence-electron chi connectivity index (χ2n) is 6.04. The number of nitriles is 1. The molecule has 0 spiro atoms. The molecule has 0 bridgehead atoms. The van der Waals surface area contributed by atoms with Gasteiger partial charge in [-0.1, -0.05) is 17.7 Å². The molecule has 27 heavy (non-hydrogen) atoms. The molecule has 0 N–H and O–H groups in total. The summed E-state index contributed by atoms with van der Waals surface area (Å²) in [5.41, 5.74) is 3.47. The van der Waals surface area contributed by atoms with E-state index in [1.165, 1.54) is 6.07 Å². The van der Waals surface area contributed by atoms with Crippen molar-refractivity contribution in [2.24, 2.45) is 0 Å². The maximum atomic E-state index is 14.1. The van der Waals surface area contributed by atoms with Crippen molar-refractivity contribution in [2.45, 2.75) is 20.4 Å². The van der Waals surface area contributed by atoms with Crippen molar-refractivity contribution < 1.29 is 9.31 Å². The molecular formula is C19H14ClFN4O2. The van der Waals surface area contributed by atoms with Crippen molar-refractivity contribution in [2.75, 3.05) is 0 Å². The summed E-state index contributed by atoms with van der Waals surface area (Å²) in [5.74, 6) is -0.531. The van der Waals surface area contributed by atoms with E-state index in [9.17, 15) is 14.5 Å². The van der Waals surface area contributed by atoms with Gasteiger partial charge in [-0.2, -0.15) is 10.4 Å². The molecule has 1 heterocycles. The van der Waals surface area contributed by atoms with Crippen molar-refractivity contribution in [1.82, 2.24) is 9.78 Å². The van der Waals surface area contributed by atoms with E-state index in [1.807, 2.05) is 19.9 Å². The van der Waals surface area contributed by atoms with Crippen LogP contribution >= 0.6 is 11.6 Å². The zero-order chi connectivity index (χ0) is 19.7. The maximum absolute atomic E-state index is 14.1. The van der Waals surface area contributed by atoms with E-state index >= 15 is 0 Å². The Labute approximate surface area is 159 Å². The molecule has 0 aliphatic rings. The van der Waals surface area contributed by atoms with E-state index in [-0.39, 0.29) is 17.8 Å². The summed E-state index contributed by atoms with van der Waals surface area (Å²) in [6, 6.07) is 10.5. The highest BCUT2D eigenvalue weighted by Gasteiger charge is 2.17. The SMILES string of the molecule is Cc1nn(Cc2cc([N+](=O)[O-])ccc2F)c(C)c1-c1ccc(C#N)c(Cl)c1. The van der Waals surface area contributed by atoms with Crippen LogP contribution in [0.15, 0.2) is 36.4 Å².